The van der Waals surface area contributed by atoms with E-state index >= 15 is 0 Å². The van der Waals surface area contributed by atoms with Crippen LogP contribution >= 0.6 is 15.9 Å². The van der Waals surface area contributed by atoms with Crippen molar-refractivity contribution in [3.05, 3.63) is 51.8 Å². The van der Waals surface area contributed by atoms with E-state index in [1.54, 1.807) is 37.4 Å². The second-order valence-electron chi connectivity index (χ2n) is 7.08. The highest BCUT2D eigenvalue weighted by molar-refractivity contribution is 9.10. The molecule has 0 spiro atoms. The Hall–Kier alpha value is -2.23. The van der Waals surface area contributed by atoms with Gasteiger partial charge in [-0.2, -0.15) is 0 Å². The smallest absolute Gasteiger partial charge is 0.340 e. The van der Waals surface area contributed by atoms with Crippen molar-refractivity contribution >= 4 is 43.6 Å². The van der Waals surface area contributed by atoms with Crippen LogP contribution in [0.25, 0.3) is 10.9 Å². The normalized spacial score (nSPS) is 12.5. The number of hydrogen-bond donors (Lipinski definition) is 1. The van der Waals surface area contributed by atoms with Crippen LogP contribution in [-0.4, -0.2) is 50.4 Å². The van der Waals surface area contributed by atoms with Gasteiger partial charge >= 0.3 is 5.97 Å². The van der Waals surface area contributed by atoms with Crippen molar-refractivity contribution in [2.45, 2.75) is 24.2 Å². The Bertz CT molecular complexity index is 1110. The molecule has 0 fully saturated rings. The summed E-state index contributed by atoms with van der Waals surface area (Å²) >= 11 is 3.41. The SMILES string of the molecule is CCOC(=O)c1c(CS(=O)c2ccccn2)n(C)c2cc(Br)c(O)c(CN(C)C)c12. The second kappa shape index (κ2) is 9.28. The number of rotatable bonds is 7. The maximum absolute atomic E-state index is 13.0. The van der Waals surface area contributed by atoms with Crippen molar-refractivity contribution in [2.75, 3.05) is 20.7 Å². The Morgan fingerprint density at radius 1 is 1.37 bits per heavy atom. The fraction of sp³-hybridized carbons (Fsp3) is 0.333. The van der Waals surface area contributed by atoms with Crippen molar-refractivity contribution in [3.8, 4) is 5.75 Å². The summed E-state index contributed by atoms with van der Waals surface area (Å²) in [5.41, 5.74) is 2.26. The van der Waals surface area contributed by atoms with E-state index in [-0.39, 0.29) is 18.1 Å². The number of fused-ring (bicyclic) bond motifs is 1. The molecule has 0 aliphatic rings. The van der Waals surface area contributed by atoms with Gasteiger partial charge in [0.25, 0.3) is 0 Å². The van der Waals surface area contributed by atoms with Gasteiger partial charge in [0.1, 0.15) is 10.8 Å². The third-order valence-corrected chi connectivity index (χ3v) is 6.58. The molecule has 9 heteroatoms. The lowest BCUT2D eigenvalue weighted by Crippen LogP contribution is -2.13. The molecular formula is C21H24BrN3O4S. The Morgan fingerprint density at radius 3 is 2.70 bits per heavy atom. The molecule has 0 amide bonds. The van der Waals surface area contributed by atoms with E-state index in [1.165, 1.54) is 0 Å². The molecule has 7 nitrogen and oxygen atoms in total. The van der Waals surface area contributed by atoms with Crippen molar-refractivity contribution in [2.24, 2.45) is 7.05 Å². The first-order chi connectivity index (χ1) is 14.3. The zero-order valence-corrected chi connectivity index (χ0v) is 19.7. The molecule has 0 saturated carbocycles. The molecule has 0 radical (unpaired) electrons. The van der Waals surface area contributed by atoms with E-state index in [2.05, 4.69) is 20.9 Å². The van der Waals surface area contributed by atoms with Gasteiger partial charge in [-0.05, 0) is 55.1 Å². The molecular weight excluding hydrogens is 470 g/mol. The molecule has 1 unspecified atom stereocenters. The molecule has 2 aromatic heterocycles. The third kappa shape index (κ3) is 4.28. The minimum atomic E-state index is -1.45. The van der Waals surface area contributed by atoms with Gasteiger partial charge in [0.05, 0.1) is 38.7 Å². The highest BCUT2D eigenvalue weighted by Gasteiger charge is 2.28. The number of hydrogen-bond acceptors (Lipinski definition) is 6. The van der Waals surface area contributed by atoms with Gasteiger partial charge in [-0.15, -0.1) is 0 Å². The first-order valence-corrected chi connectivity index (χ1v) is 11.5. The van der Waals surface area contributed by atoms with Crippen molar-refractivity contribution in [1.82, 2.24) is 14.5 Å². The van der Waals surface area contributed by atoms with Crippen LogP contribution < -0.4 is 0 Å². The van der Waals surface area contributed by atoms with Gasteiger partial charge in [0.15, 0.2) is 0 Å². The largest absolute Gasteiger partial charge is 0.506 e. The summed E-state index contributed by atoms with van der Waals surface area (Å²) in [5.74, 6) is -0.335. The summed E-state index contributed by atoms with van der Waals surface area (Å²) in [6, 6.07) is 7.00. The van der Waals surface area contributed by atoms with Crippen molar-refractivity contribution in [1.29, 1.82) is 0 Å². The number of carbonyl (C=O) groups excluding carboxylic acids is 1. The monoisotopic (exact) mass is 493 g/mol. The van der Waals surface area contributed by atoms with E-state index in [1.807, 2.05) is 30.6 Å². The van der Waals surface area contributed by atoms with Crippen LogP contribution in [0.3, 0.4) is 0 Å². The molecule has 3 aromatic rings. The number of benzene rings is 1. The summed E-state index contributed by atoms with van der Waals surface area (Å²) < 4.78 is 20.7. The molecule has 1 atom stereocenters. The molecule has 2 heterocycles. The number of phenolic OH excluding ortho intramolecular Hbond substituents is 1. The lowest BCUT2D eigenvalue weighted by atomic mass is 10.0. The van der Waals surface area contributed by atoms with Crippen LogP contribution in [0.2, 0.25) is 0 Å². The van der Waals surface area contributed by atoms with Gasteiger partial charge in [-0.1, -0.05) is 6.07 Å². The quantitative estimate of drug-likeness (QED) is 0.506. The Labute approximate surface area is 186 Å². The number of aromatic nitrogens is 2. The minimum Gasteiger partial charge on any atom is -0.506 e. The number of pyridine rings is 1. The summed E-state index contributed by atoms with van der Waals surface area (Å²) in [6.45, 7) is 2.37. The van der Waals surface area contributed by atoms with E-state index in [9.17, 15) is 14.1 Å². The standard InChI is InChI=1S/C21H24BrN3O4S/c1-5-29-21(27)19-16(12-30(28)17-8-6-7-9-23-17)25(4)15-10-14(22)20(26)13(18(15)19)11-24(2)3/h6-10,26H,5,11-12H2,1-4H3. The molecule has 1 aromatic carbocycles. The number of aromatic hydroxyl groups is 1. The van der Waals surface area contributed by atoms with Crippen LogP contribution in [0.1, 0.15) is 28.5 Å². The van der Waals surface area contributed by atoms with Gasteiger partial charge in [-0.25, -0.2) is 9.78 Å². The molecule has 1 N–H and O–H groups in total. The molecule has 3 rings (SSSR count). The number of phenols is 1. The summed E-state index contributed by atoms with van der Waals surface area (Å²) in [6.07, 6.45) is 1.59. The second-order valence-corrected chi connectivity index (χ2v) is 9.33. The molecule has 0 aliphatic carbocycles. The Morgan fingerprint density at radius 2 is 2.10 bits per heavy atom. The number of carbonyl (C=O) groups is 1. The van der Waals surface area contributed by atoms with Crippen LogP contribution in [0, 0.1) is 0 Å². The molecule has 0 aliphatic heterocycles. The number of halogens is 1. The zero-order valence-electron chi connectivity index (χ0n) is 17.3. The topological polar surface area (TPSA) is 84.7 Å². The highest BCUT2D eigenvalue weighted by Crippen LogP contribution is 2.40. The van der Waals surface area contributed by atoms with Crippen LogP contribution in [0.5, 0.6) is 5.75 Å². The fourth-order valence-corrected chi connectivity index (χ4v) is 5.02. The van der Waals surface area contributed by atoms with Gasteiger partial charge in [-0.3, -0.25) is 4.21 Å². The van der Waals surface area contributed by atoms with E-state index in [0.717, 1.165) is 5.52 Å². The number of esters is 1. The van der Waals surface area contributed by atoms with Crippen LogP contribution in [0.15, 0.2) is 40.0 Å². The zero-order chi connectivity index (χ0) is 22.0. The lowest BCUT2D eigenvalue weighted by Gasteiger charge is -2.15. The Kier molecular flexibility index (Phi) is 6.95. The van der Waals surface area contributed by atoms with Gasteiger partial charge in [0, 0.05) is 36.4 Å². The van der Waals surface area contributed by atoms with E-state index < -0.39 is 16.8 Å². The average molecular weight is 494 g/mol. The van der Waals surface area contributed by atoms with Crippen LogP contribution in [0.4, 0.5) is 0 Å². The fourth-order valence-electron chi connectivity index (χ4n) is 3.42. The van der Waals surface area contributed by atoms with E-state index in [4.69, 9.17) is 4.74 Å². The molecule has 160 valence electrons. The number of aryl methyl sites for hydroxylation is 1. The predicted molar refractivity (Wildman–Crippen MR) is 120 cm³/mol. The Balaban J connectivity index is 2.28. The number of nitrogens with zero attached hydrogens (tertiary/aromatic N) is 3. The lowest BCUT2D eigenvalue weighted by molar-refractivity contribution is 0.0527. The minimum absolute atomic E-state index is 0.0738. The molecule has 0 saturated heterocycles. The highest BCUT2D eigenvalue weighted by atomic mass is 79.9. The maximum Gasteiger partial charge on any atom is 0.340 e. The summed E-state index contributed by atoms with van der Waals surface area (Å²) in [5, 5.41) is 11.8. The first-order valence-electron chi connectivity index (χ1n) is 9.39. The number of ether oxygens (including phenoxy) is 1. The first kappa shape index (κ1) is 22.5. The maximum atomic E-state index is 13.0. The molecule has 30 heavy (non-hydrogen) atoms. The summed E-state index contributed by atoms with van der Waals surface area (Å²) in [4.78, 5) is 19.1. The predicted octanol–water partition coefficient (Wildman–Crippen LogP) is 3.59. The van der Waals surface area contributed by atoms with Crippen molar-refractivity contribution < 1.29 is 18.8 Å². The van der Waals surface area contributed by atoms with Crippen molar-refractivity contribution in [3.63, 3.8) is 0 Å². The molecule has 0 bridgehead atoms. The average Bonchev–Trinajstić information content (AvgIpc) is 2.98. The van der Waals surface area contributed by atoms with Gasteiger partial charge in [0.2, 0.25) is 0 Å². The third-order valence-electron chi connectivity index (χ3n) is 4.73. The van der Waals surface area contributed by atoms with Crippen LogP contribution in [-0.2, 0) is 34.9 Å². The summed E-state index contributed by atoms with van der Waals surface area (Å²) in [7, 11) is 4.13. The van der Waals surface area contributed by atoms with E-state index in [0.29, 0.717) is 38.3 Å². The van der Waals surface area contributed by atoms with Gasteiger partial charge < -0.3 is 19.3 Å².